The summed E-state index contributed by atoms with van der Waals surface area (Å²) in [5.41, 5.74) is 0. The van der Waals surface area contributed by atoms with Crippen molar-refractivity contribution in [3.63, 3.8) is 0 Å². The molecular formula is C3H9FS. The lowest BCUT2D eigenvalue weighted by molar-refractivity contribution is 0.919. The molecule has 0 spiro atoms. The van der Waals surface area contributed by atoms with Gasteiger partial charge in [-0.25, -0.2) is 0 Å². The maximum absolute atomic E-state index is 11.5. The lowest BCUT2D eigenvalue weighted by Gasteiger charge is -1.93. The van der Waals surface area contributed by atoms with Crippen LogP contribution in [0.1, 0.15) is 6.92 Å². The van der Waals surface area contributed by atoms with Crippen molar-refractivity contribution in [2.75, 3.05) is 12.0 Å². The van der Waals surface area contributed by atoms with Gasteiger partial charge in [0, 0.05) is 0 Å². The first kappa shape index (κ1) is 5.28. The van der Waals surface area contributed by atoms with E-state index in [-0.39, 0.29) is 0 Å². The number of hydrogen-bond donors (Lipinski definition) is 1. The Labute approximate surface area is 35.0 Å². The minimum absolute atomic E-state index is 0.704. The van der Waals surface area contributed by atoms with Crippen LogP contribution >= 0.6 is 11.3 Å². The largest absolute Gasteiger partial charge is 0.193 e. The molecule has 0 amide bonds. The molecule has 34 valence electrons. The molecule has 1 atom stereocenters. The zero-order chi connectivity index (χ0) is 4.28. The van der Waals surface area contributed by atoms with Crippen LogP contribution in [0, 0.1) is 0 Å². The zero-order valence-corrected chi connectivity index (χ0v) is 4.43. The first-order valence-electron chi connectivity index (χ1n) is 1.64. The van der Waals surface area contributed by atoms with Gasteiger partial charge in [0.05, 0.1) is 0 Å². The van der Waals surface area contributed by atoms with Crippen LogP contribution < -0.4 is 0 Å². The summed E-state index contributed by atoms with van der Waals surface area (Å²) in [6, 6.07) is 0. The van der Waals surface area contributed by atoms with Gasteiger partial charge >= 0.3 is 0 Å². The van der Waals surface area contributed by atoms with Crippen molar-refractivity contribution in [1.82, 2.24) is 0 Å². The standard InChI is InChI=1S/C3H9FS/c1-3-5(2)4/h5H,3H2,1-2H3. The molecule has 0 bridgehead atoms. The molecule has 0 aliphatic heterocycles. The zero-order valence-electron chi connectivity index (χ0n) is 3.53. The third-order valence-electron chi connectivity index (χ3n) is 0.436. The molecule has 0 aliphatic rings. The van der Waals surface area contributed by atoms with Gasteiger partial charge in [-0.1, -0.05) is 6.92 Å². The predicted molar refractivity (Wildman–Crippen MR) is 26.6 cm³/mol. The minimum Gasteiger partial charge on any atom is -0.193 e. The van der Waals surface area contributed by atoms with Crippen molar-refractivity contribution in [3.8, 4) is 0 Å². The minimum atomic E-state index is -1.10. The van der Waals surface area contributed by atoms with E-state index in [4.69, 9.17) is 0 Å². The fourth-order valence-electron chi connectivity index (χ4n) is 0. The highest BCUT2D eigenvalue weighted by Crippen LogP contribution is 2.17. The Morgan fingerprint density at radius 1 is 1.80 bits per heavy atom. The Balaban J connectivity index is 2.54. The van der Waals surface area contributed by atoms with Crippen LogP contribution in [0.5, 0.6) is 0 Å². The van der Waals surface area contributed by atoms with E-state index in [1.807, 2.05) is 6.92 Å². The average molecular weight is 96.2 g/mol. The smallest absolute Gasteiger partial charge is 0.00214 e. The summed E-state index contributed by atoms with van der Waals surface area (Å²) >= 11 is -1.10. The lowest BCUT2D eigenvalue weighted by atomic mass is 11.0. The van der Waals surface area contributed by atoms with Crippen molar-refractivity contribution in [3.05, 3.63) is 0 Å². The molecule has 0 saturated heterocycles. The van der Waals surface area contributed by atoms with E-state index in [1.165, 1.54) is 0 Å². The molecule has 0 aromatic heterocycles. The molecule has 1 unspecified atom stereocenters. The molecule has 0 nitrogen and oxygen atoms in total. The van der Waals surface area contributed by atoms with Crippen LogP contribution in [0.3, 0.4) is 0 Å². The van der Waals surface area contributed by atoms with Crippen molar-refractivity contribution in [1.29, 1.82) is 0 Å². The van der Waals surface area contributed by atoms with Gasteiger partial charge in [-0.15, -0.1) is 11.3 Å². The first-order chi connectivity index (χ1) is 2.27. The topological polar surface area (TPSA) is 0 Å². The number of hydrogen-bond acceptors (Lipinski definition) is 0. The molecule has 0 aromatic rings. The molecule has 0 rings (SSSR count). The van der Waals surface area contributed by atoms with Gasteiger partial charge < -0.3 is 0 Å². The molecule has 0 aliphatic carbocycles. The van der Waals surface area contributed by atoms with E-state index in [1.54, 1.807) is 6.26 Å². The molecule has 0 heterocycles. The molecule has 0 aromatic carbocycles. The van der Waals surface area contributed by atoms with E-state index in [2.05, 4.69) is 0 Å². The highest BCUT2D eigenvalue weighted by atomic mass is 32.2. The van der Waals surface area contributed by atoms with Gasteiger partial charge in [-0.05, 0) is 12.0 Å². The molecule has 5 heavy (non-hydrogen) atoms. The number of thiol groups is 1. The molecular weight excluding hydrogens is 87.1 g/mol. The third-order valence-corrected chi connectivity index (χ3v) is 1.31. The predicted octanol–water partition coefficient (Wildman–Crippen LogP) is 1.52. The summed E-state index contributed by atoms with van der Waals surface area (Å²) < 4.78 is 11.5. The van der Waals surface area contributed by atoms with Crippen molar-refractivity contribution in [2.24, 2.45) is 0 Å². The van der Waals surface area contributed by atoms with Gasteiger partial charge in [0.1, 0.15) is 0 Å². The van der Waals surface area contributed by atoms with Gasteiger partial charge in [-0.2, -0.15) is 3.89 Å². The molecule has 0 fully saturated rings. The monoisotopic (exact) mass is 96.0 g/mol. The second-order valence-corrected chi connectivity index (χ2v) is 2.76. The summed E-state index contributed by atoms with van der Waals surface area (Å²) in [6.45, 7) is 1.85. The second-order valence-electron chi connectivity index (χ2n) is 0.921. The van der Waals surface area contributed by atoms with Gasteiger partial charge in [0.15, 0.2) is 0 Å². The van der Waals surface area contributed by atoms with Crippen molar-refractivity contribution in [2.45, 2.75) is 6.92 Å². The second kappa shape index (κ2) is 2.51. The van der Waals surface area contributed by atoms with Gasteiger partial charge in [0.25, 0.3) is 0 Å². The lowest BCUT2D eigenvalue weighted by Crippen LogP contribution is -1.65. The summed E-state index contributed by atoms with van der Waals surface area (Å²) in [5, 5.41) is 0. The quantitative estimate of drug-likeness (QED) is 0.470. The van der Waals surface area contributed by atoms with Gasteiger partial charge in [0.2, 0.25) is 0 Å². The Morgan fingerprint density at radius 3 is 2.00 bits per heavy atom. The summed E-state index contributed by atoms with van der Waals surface area (Å²) in [7, 11) is 0. The van der Waals surface area contributed by atoms with Crippen LogP contribution in [0.15, 0.2) is 0 Å². The Bertz CT molecular complexity index is 20.9. The SMILES string of the molecule is CC[SH](C)F. The van der Waals surface area contributed by atoms with E-state index in [0.29, 0.717) is 5.75 Å². The van der Waals surface area contributed by atoms with E-state index < -0.39 is 11.3 Å². The van der Waals surface area contributed by atoms with E-state index >= 15 is 0 Å². The Hall–Kier alpha value is 0.280. The van der Waals surface area contributed by atoms with E-state index in [0.717, 1.165) is 0 Å². The summed E-state index contributed by atoms with van der Waals surface area (Å²) in [6.07, 6.45) is 1.62. The number of halogens is 1. The Kier molecular flexibility index (Phi) is 2.65. The van der Waals surface area contributed by atoms with Crippen LogP contribution in [0.2, 0.25) is 0 Å². The highest BCUT2D eigenvalue weighted by Gasteiger charge is 1.78. The Morgan fingerprint density at radius 2 is 2.00 bits per heavy atom. The molecule has 0 radical (unpaired) electrons. The normalized spacial score (nSPS) is 18.6. The maximum Gasteiger partial charge on any atom is -0.00214 e. The average Bonchev–Trinajstić information content (AvgIpc) is 1.38. The molecule has 0 saturated carbocycles. The summed E-state index contributed by atoms with van der Waals surface area (Å²) in [4.78, 5) is 0. The van der Waals surface area contributed by atoms with Crippen molar-refractivity contribution >= 4 is 11.3 Å². The third kappa shape index (κ3) is 4.28. The maximum atomic E-state index is 11.5. The van der Waals surface area contributed by atoms with E-state index in [9.17, 15) is 3.89 Å². The number of rotatable bonds is 1. The van der Waals surface area contributed by atoms with Crippen LogP contribution in [-0.2, 0) is 0 Å². The van der Waals surface area contributed by atoms with Gasteiger partial charge in [-0.3, -0.25) is 0 Å². The highest BCUT2D eigenvalue weighted by molar-refractivity contribution is 8.11. The summed E-state index contributed by atoms with van der Waals surface area (Å²) in [5.74, 6) is 0.704. The molecule has 2 heteroatoms. The van der Waals surface area contributed by atoms with Crippen LogP contribution in [-0.4, -0.2) is 12.0 Å². The molecule has 0 N–H and O–H groups in total. The fraction of sp³-hybridized carbons (Fsp3) is 1.00. The fourth-order valence-corrected chi connectivity index (χ4v) is 0. The van der Waals surface area contributed by atoms with Crippen LogP contribution in [0.4, 0.5) is 3.89 Å². The first-order valence-corrected chi connectivity index (χ1v) is 3.50. The van der Waals surface area contributed by atoms with Crippen LogP contribution in [0.25, 0.3) is 0 Å². The van der Waals surface area contributed by atoms with Crippen molar-refractivity contribution < 1.29 is 3.89 Å².